The summed E-state index contributed by atoms with van der Waals surface area (Å²) in [4.78, 5) is 4.34. The summed E-state index contributed by atoms with van der Waals surface area (Å²) in [6.07, 6.45) is 0. The molecule has 1 aromatic rings. The summed E-state index contributed by atoms with van der Waals surface area (Å²) in [6.45, 7) is 4.00. The molecule has 1 heterocycles. The van der Waals surface area contributed by atoms with Crippen molar-refractivity contribution in [3.8, 4) is 0 Å². The van der Waals surface area contributed by atoms with Crippen LogP contribution in [-0.4, -0.2) is 25.3 Å². The lowest BCUT2D eigenvalue weighted by Crippen LogP contribution is -2.19. The van der Waals surface area contributed by atoms with Crippen LogP contribution in [0, 0.1) is 5.92 Å². The highest BCUT2D eigenvalue weighted by Crippen LogP contribution is 2.22. The van der Waals surface area contributed by atoms with E-state index in [9.17, 15) is 8.42 Å². The van der Waals surface area contributed by atoms with Crippen molar-refractivity contribution in [3.05, 3.63) is 35.9 Å². The van der Waals surface area contributed by atoms with Crippen LogP contribution < -0.4 is 0 Å². The lowest BCUT2D eigenvalue weighted by atomic mass is 10.1. The smallest absolute Gasteiger partial charge is 0.197 e. The first kappa shape index (κ1) is 11.3. The molecule has 0 radical (unpaired) electrons. The molecule has 0 saturated carbocycles. The second-order valence-corrected chi connectivity index (χ2v) is 6.34. The molecule has 1 atom stereocenters. The van der Waals surface area contributed by atoms with Gasteiger partial charge >= 0.3 is 0 Å². The zero-order chi connectivity index (χ0) is 11.8. The average Bonchev–Trinajstić information content (AvgIpc) is 2.56. The summed E-state index contributed by atoms with van der Waals surface area (Å²) in [7, 11) is -3.18. The van der Waals surface area contributed by atoms with Gasteiger partial charge in [0.1, 0.15) is 0 Å². The second kappa shape index (κ2) is 4.01. The standard InChI is InChI=1S/C12H15NO2S/c1-9(2)11-8-16(14,15)12(13-11)10-6-4-3-5-7-10/h3-7,9,11H,8H2,1-2H3. The topological polar surface area (TPSA) is 46.5 Å². The summed E-state index contributed by atoms with van der Waals surface area (Å²) in [5.74, 6) is 0.408. The van der Waals surface area contributed by atoms with E-state index in [1.54, 1.807) is 12.1 Å². The Labute approximate surface area is 96.1 Å². The average molecular weight is 237 g/mol. The van der Waals surface area contributed by atoms with Gasteiger partial charge in [-0.1, -0.05) is 44.2 Å². The molecule has 86 valence electrons. The fourth-order valence-corrected chi connectivity index (χ4v) is 3.61. The zero-order valence-electron chi connectivity index (χ0n) is 9.42. The Balaban J connectivity index is 2.44. The summed E-state index contributed by atoms with van der Waals surface area (Å²) >= 11 is 0. The van der Waals surface area contributed by atoms with Gasteiger partial charge in [0.15, 0.2) is 14.9 Å². The van der Waals surface area contributed by atoms with Crippen LogP contribution in [-0.2, 0) is 9.84 Å². The Morgan fingerprint density at radius 2 is 1.88 bits per heavy atom. The molecule has 3 nitrogen and oxygen atoms in total. The van der Waals surface area contributed by atoms with Crippen molar-refractivity contribution in [1.29, 1.82) is 0 Å². The van der Waals surface area contributed by atoms with E-state index in [1.165, 1.54) is 0 Å². The van der Waals surface area contributed by atoms with Crippen molar-refractivity contribution >= 4 is 14.9 Å². The van der Waals surface area contributed by atoms with Gasteiger partial charge in [-0.3, -0.25) is 4.99 Å². The zero-order valence-corrected chi connectivity index (χ0v) is 10.2. The third-order valence-corrected chi connectivity index (χ3v) is 4.47. The van der Waals surface area contributed by atoms with Crippen molar-refractivity contribution < 1.29 is 8.42 Å². The Morgan fingerprint density at radius 1 is 1.25 bits per heavy atom. The molecule has 16 heavy (non-hydrogen) atoms. The number of hydrogen-bond donors (Lipinski definition) is 0. The maximum Gasteiger partial charge on any atom is 0.197 e. The monoisotopic (exact) mass is 237 g/mol. The van der Waals surface area contributed by atoms with Crippen LogP contribution in [0.1, 0.15) is 19.4 Å². The van der Waals surface area contributed by atoms with Gasteiger partial charge in [-0.05, 0) is 5.92 Å². The third-order valence-electron chi connectivity index (χ3n) is 2.76. The van der Waals surface area contributed by atoms with Gasteiger partial charge in [0.05, 0.1) is 11.8 Å². The Bertz CT molecular complexity index is 503. The van der Waals surface area contributed by atoms with Gasteiger partial charge in [-0.2, -0.15) is 0 Å². The van der Waals surface area contributed by atoms with E-state index in [4.69, 9.17) is 0 Å². The molecule has 0 fully saturated rings. The number of nitrogens with zero attached hydrogens (tertiary/aromatic N) is 1. The molecule has 4 heteroatoms. The van der Waals surface area contributed by atoms with E-state index in [-0.39, 0.29) is 22.8 Å². The molecule has 0 aromatic heterocycles. The molecular formula is C12H15NO2S. The maximum atomic E-state index is 11.9. The van der Waals surface area contributed by atoms with E-state index >= 15 is 0 Å². The van der Waals surface area contributed by atoms with Gasteiger partial charge in [0, 0.05) is 5.56 Å². The lowest BCUT2D eigenvalue weighted by Gasteiger charge is -2.07. The van der Waals surface area contributed by atoms with Crippen molar-refractivity contribution in [3.63, 3.8) is 0 Å². The first-order valence-corrected chi connectivity index (χ1v) is 7.02. The number of sulfone groups is 1. The number of rotatable bonds is 2. The van der Waals surface area contributed by atoms with Gasteiger partial charge in [-0.25, -0.2) is 8.42 Å². The van der Waals surface area contributed by atoms with Crippen LogP contribution >= 0.6 is 0 Å². The molecule has 0 N–H and O–H groups in total. The summed E-state index contributed by atoms with van der Waals surface area (Å²) in [5.41, 5.74) is 0.700. The van der Waals surface area contributed by atoms with Crippen LogP contribution in [0.3, 0.4) is 0 Å². The van der Waals surface area contributed by atoms with Crippen LogP contribution in [0.4, 0.5) is 0 Å². The molecule has 0 amide bonds. The Hall–Kier alpha value is -1.16. The Kier molecular flexibility index (Phi) is 2.84. The minimum atomic E-state index is -3.18. The Morgan fingerprint density at radius 3 is 2.38 bits per heavy atom. The van der Waals surface area contributed by atoms with E-state index in [1.807, 2.05) is 32.0 Å². The fraction of sp³-hybridized carbons (Fsp3) is 0.417. The number of aliphatic imine (C=N–C) groups is 1. The number of hydrogen-bond acceptors (Lipinski definition) is 3. The summed E-state index contributed by atoms with van der Waals surface area (Å²) in [6, 6.07) is 9.01. The quantitative estimate of drug-likeness (QED) is 0.788. The van der Waals surface area contributed by atoms with Gasteiger partial charge in [0.2, 0.25) is 0 Å². The molecule has 0 aliphatic carbocycles. The van der Waals surface area contributed by atoms with Crippen molar-refractivity contribution in [1.82, 2.24) is 0 Å². The van der Waals surface area contributed by atoms with Crippen LogP contribution in [0.25, 0.3) is 0 Å². The van der Waals surface area contributed by atoms with E-state index < -0.39 is 9.84 Å². The lowest BCUT2D eigenvalue weighted by molar-refractivity contribution is 0.532. The van der Waals surface area contributed by atoms with Gasteiger partial charge in [-0.15, -0.1) is 0 Å². The normalized spacial score (nSPS) is 23.4. The molecule has 1 unspecified atom stereocenters. The van der Waals surface area contributed by atoms with Crippen LogP contribution in [0.15, 0.2) is 35.3 Å². The van der Waals surface area contributed by atoms with Crippen molar-refractivity contribution in [2.75, 3.05) is 5.75 Å². The second-order valence-electron chi connectivity index (χ2n) is 4.39. The fourth-order valence-electron chi connectivity index (χ4n) is 1.75. The molecule has 2 rings (SSSR count). The summed E-state index contributed by atoms with van der Waals surface area (Å²) in [5, 5.41) is 0.256. The largest absolute Gasteiger partial charge is 0.268 e. The first-order valence-electron chi connectivity index (χ1n) is 5.36. The van der Waals surface area contributed by atoms with E-state index in [0.717, 1.165) is 0 Å². The summed E-state index contributed by atoms with van der Waals surface area (Å²) < 4.78 is 23.9. The highest BCUT2D eigenvalue weighted by molar-refractivity contribution is 8.07. The molecule has 0 saturated heterocycles. The van der Waals surface area contributed by atoms with Crippen LogP contribution in [0.5, 0.6) is 0 Å². The third kappa shape index (κ3) is 2.02. The maximum absolute atomic E-state index is 11.9. The van der Waals surface area contributed by atoms with E-state index in [0.29, 0.717) is 5.56 Å². The predicted octanol–water partition coefficient (Wildman–Crippen LogP) is 1.89. The number of benzene rings is 1. The molecule has 0 spiro atoms. The molecule has 0 bridgehead atoms. The minimum Gasteiger partial charge on any atom is -0.268 e. The van der Waals surface area contributed by atoms with Crippen molar-refractivity contribution in [2.24, 2.45) is 10.9 Å². The molecule has 1 aromatic carbocycles. The molecular weight excluding hydrogens is 222 g/mol. The van der Waals surface area contributed by atoms with Crippen molar-refractivity contribution in [2.45, 2.75) is 19.9 Å². The SMILES string of the molecule is CC(C)C1CS(=O)(=O)C(c2ccccc2)=N1. The highest BCUT2D eigenvalue weighted by Gasteiger charge is 2.34. The van der Waals surface area contributed by atoms with Crippen LogP contribution in [0.2, 0.25) is 0 Å². The van der Waals surface area contributed by atoms with E-state index in [2.05, 4.69) is 4.99 Å². The highest BCUT2D eigenvalue weighted by atomic mass is 32.2. The molecule has 1 aliphatic heterocycles. The first-order chi connectivity index (χ1) is 7.50. The minimum absolute atomic E-state index is 0.0970. The van der Waals surface area contributed by atoms with Gasteiger partial charge < -0.3 is 0 Å². The molecule has 1 aliphatic rings. The predicted molar refractivity (Wildman–Crippen MR) is 65.4 cm³/mol. The van der Waals surface area contributed by atoms with Gasteiger partial charge in [0.25, 0.3) is 0 Å².